The number of carbonyl (C=O) groups is 1. The van der Waals surface area contributed by atoms with Crippen molar-refractivity contribution < 1.29 is 28.0 Å². The number of hydrogen-bond donors (Lipinski definition) is 0. The maximum Gasteiger partial charge on any atom is 1.00 e. The van der Waals surface area contributed by atoms with Crippen LogP contribution in [0.4, 0.5) is 10.3 Å². The first-order valence-corrected chi connectivity index (χ1v) is 10.9. The number of amidine groups is 1. The minimum Gasteiger partial charge on any atom is -0.641 e. The van der Waals surface area contributed by atoms with Crippen LogP contribution in [0.25, 0.3) is 5.41 Å². The molecule has 0 spiro atoms. The average molecular weight is 464 g/mol. The number of aryl methyl sites for hydroxylation is 1. The van der Waals surface area contributed by atoms with Gasteiger partial charge in [-0.2, -0.15) is 0 Å². The van der Waals surface area contributed by atoms with Gasteiger partial charge >= 0.3 is 18.9 Å². The van der Waals surface area contributed by atoms with E-state index in [2.05, 4.69) is 33.0 Å². The Hall–Kier alpha value is -3.47. The summed E-state index contributed by atoms with van der Waals surface area (Å²) in [4.78, 5) is 27.0. The normalized spacial score (nSPS) is 12.9. The maximum absolute atomic E-state index is 12.7. The summed E-state index contributed by atoms with van der Waals surface area (Å²) in [5.74, 6) is 0.138. The monoisotopic (exact) mass is 464 g/mol. The quantitative estimate of drug-likeness (QED) is 0.241. The Bertz CT molecular complexity index is 1070. The number of piperazine rings is 1. The fourth-order valence-corrected chi connectivity index (χ4v) is 3.25. The molecule has 3 aromatic rings. The Morgan fingerprint density at radius 1 is 1.00 bits per heavy atom. The van der Waals surface area contributed by atoms with E-state index in [9.17, 15) is 14.6 Å². The topological polar surface area (TPSA) is 84.0 Å². The average Bonchev–Trinajstić information content (AvgIpc) is 2.88. The van der Waals surface area contributed by atoms with E-state index in [1.54, 1.807) is 23.4 Å². The van der Waals surface area contributed by atoms with Gasteiger partial charge in [0.2, 0.25) is 5.95 Å². The van der Waals surface area contributed by atoms with E-state index in [4.69, 9.17) is 0 Å². The van der Waals surface area contributed by atoms with Crippen LogP contribution in [0.3, 0.4) is 0 Å². The number of halogens is 1. The summed E-state index contributed by atoms with van der Waals surface area (Å²) in [6.07, 6.45) is 7.68. The Labute approximate surface area is 217 Å². The number of benzene rings is 2. The summed E-state index contributed by atoms with van der Waals surface area (Å²) in [5.41, 5.74) is 1.68. The molecule has 9 heteroatoms. The molecule has 7 nitrogen and oxygen atoms in total. The summed E-state index contributed by atoms with van der Waals surface area (Å²) in [6, 6.07) is 17.3. The van der Waals surface area contributed by atoms with E-state index in [-0.39, 0.29) is 36.4 Å². The van der Waals surface area contributed by atoms with Crippen molar-refractivity contribution >= 4 is 23.9 Å². The molecule has 2 aromatic carbocycles. The van der Waals surface area contributed by atoms with Gasteiger partial charge in [-0.1, -0.05) is 42.5 Å². The van der Waals surface area contributed by atoms with E-state index in [0.29, 0.717) is 25.1 Å². The first-order valence-electron chi connectivity index (χ1n) is 10.9. The van der Waals surface area contributed by atoms with Crippen LogP contribution in [0.15, 0.2) is 78.0 Å². The van der Waals surface area contributed by atoms with Crippen molar-refractivity contribution in [1.82, 2.24) is 14.9 Å². The number of carbonyl (C=O) groups excluding carboxylic acids is 1. The molecule has 176 valence electrons. The number of nitrogens with zero attached hydrogens (tertiary/aromatic N) is 6. The first-order chi connectivity index (χ1) is 16.5. The zero-order chi connectivity index (χ0) is 24.2. The molecule has 2 heterocycles. The van der Waals surface area contributed by atoms with Crippen LogP contribution in [-0.2, 0) is 11.2 Å². The predicted molar refractivity (Wildman–Crippen MR) is 132 cm³/mol. The van der Waals surface area contributed by atoms with Gasteiger partial charge in [0.05, 0.1) is 5.91 Å². The largest absolute Gasteiger partial charge is 1.00 e. The van der Waals surface area contributed by atoms with Gasteiger partial charge in [0, 0.05) is 38.6 Å². The minimum absolute atomic E-state index is 0. The molecular weight excluding hydrogens is 438 g/mol. The SMILES string of the molecule is [CH2-]C(=O)N1CCN(c2ncccn2)CC1.[Li+].[N-]=C(N=[C-]CCc1ccccc1)c1ccc(F)cc1. The van der Waals surface area contributed by atoms with Crippen LogP contribution in [0.2, 0.25) is 0 Å². The van der Waals surface area contributed by atoms with Crippen LogP contribution in [-0.4, -0.2) is 59.0 Å². The van der Waals surface area contributed by atoms with Crippen LogP contribution in [0.5, 0.6) is 0 Å². The van der Waals surface area contributed by atoms with E-state index in [1.807, 2.05) is 30.3 Å². The zero-order valence-electron chi connectivity index (χ0n) is 19.8. The van der Waals surface area contributed by atoms with Crippen molar-refractivity contribution in [3.8, 4) is 0 Å². The van der Waals surface area contributed by atoms with E-state index in [1.165, 1.54) is 29.8 Å². The smallest absolute Gasteiger partial charge is 0.641 e. The molecule has 1 fully saturated rings. The third-order valence-electron chi connectivity index (χ3n) is 5.12. The van der Waals surface area contributed by atoms with Gasteiger partial charge in [-0.3, -0.25) is 0 Å². The summed E-state index contributed by atoms with van der Waals surface area (Å²) in [5, 5.41) is 9.67. The maximum atomic E-state index is 12.7. The fraction of sp³-hybridized carbons (Fsp3) is 0.231. The van der Waals surface area contributed by atoms with Crippen molar-refractivity contribution in [2.75, 3.05) is 31.1 Å². The molecule has 0 unspecified atom stereocenters. The molecule has 1 saturated heterocycles. The third-order valence-corrected chi connectivity index (χ3v) is 5.12. The number of hydrogen-bond acceptors (Lipinski definition) is 4. The number of amides is 1. The Kier molecular flexibility index (Phi) is 11.7. The van der Waals surface area contributed by atoms with Crippen molar-refractivity contribution in [2.24, 2.45) is 4.99 Å². The summed E-state index contributed by atoms with van der Waals surface area (Å²) in [7, 11) is 0. The Morgan fingerprint density at radius 2 is 1.63 bits per heavy atom. The van der Waals surface area contributed by atoms with E-state index in [0.717, 1.165) is 25.5 Å². The summed E-state index contributed by atoms with van der Waals surface area (Å²) >= 11 is 0. The number of aliphatic imine (C=N–C) groups is 1. The molecule has 1 aliphatic rings. The summed E-state index contributed by atoms with van der Waals surface area (Å²) in [6.45, 7) is 6.33. The van der Waals surface area contributed by atoms with Gasteiger partial charge in [0.25, 0.3) is 0 Å². The molecule has 35 heavy (non-hydrogen) atoms. The minimum atomic E-state index is -0.339. The Morgan fingerprint density at radius 3 is 2.23 bits per heavy atom. The standard InChI is InChI=1S/C16H13FN2.C10H13N4O.Li/c17-15-10-8-14(9-11-15)16(18)19-12-4-7-13-5-2-1-3-6-13;1-9(15)13-5-7-14(8-6-13)10-11-3-2-4-12-10;/h1-3,5-6,8-11H,4,7H2;2-4H,1,5-8H2;/q-2;-1;+1. The second kappa shape index (κ2) is 14.7. The zero-order valence-corrected chi connectivity index (χ0v) is 19.8. The van der Waals surface area contributed by atoms with Crippen molar-refractivity contribution in [1.29, 1.82) is 0 Å². The van der Waals surface area contributed by atoms with Gasteiger partial charge in [0.1, 0.15) is 5.82 Å². The third kappa shape index (κ3) is 9.36. The molecule has 0 saturated carbocycles. The van der Waals surface area contributed by atoms with Crippen LogP contribution >= 0.6 is 0 Å². The van der Waals surface area contributed by atoms with Crippen LogP contribution < -0.4 is 23.8 Å². The molecule has 0 bridgehead atoms. The van der Waals surface area contributed by atoms with Gasteiger partial charge in [-0.15, -0.1) is 12.0 Å². The number of rotatable bonds is 5. The number of anilines is 1. The van der Waals surface area contributed by atoms with Crippen molar-refractivity contribution in [2.45, 2.75) is 12.8 Å². The number of aromatic nitrogens is 2. The second-order valence-electron chi connectivity index (χ2n) is 7.50. The van der Waals surface area contributed by atoms with Gasteiger partial charge in [-0.25, -0.2) is 20.2 Å². The van der Waals surface area contributed by atoms with Gasteiger partial charge in [0.15, 0.2) is 0 Å². The van der Waals surface area contributed by atoms with Crippen molar-refractivity contribution in [3.05, 3.63) is 102 Å². The molecule has 1 amide bonds. The molecule has 0 N–H and O–H groups in total. The second-order valence-corrected chi connectivity index (χ2v) is 7.50. The molecular formula is C26H26FLiN6O-2. The first kappa shape index (κ1) is 27.8. The Balaban J connectivity index is 0.000000246. The molecule has 0 atom stereocenters. The van der Waals surface area contributed by atoms with Crippen molar-refractivity contribution in [3.63, 3.8) is 0 Å². The summed E-state index contributed by atoms with van der Waals surface area (Å²) < 4.78 is 12.7. The predicted octanol–water partition coefficient (Wildman–Crippen LogP) is 0.686. The van der Waals surface area contributed by atoms with E-state index >= 15 is 0 Å². The molecule has 1 aromatic heterocycles. The molecule has 0 radical (unpaired) electrons. The van der Waals surface area contributed by atoms with Gasteiger partial charge in [-0.05, 0) is 30.2 Å². The van der Waals surface area contributed by atoms with Gasteiger partial charge < -0.3 is 38.1 Å². The van der Waals surface area contributed by atoms with Crippen LogP contribution in [0, 0.1) is 12.7 Å². The van der Waals surface area contributed by atoms with E-state index < -0.39 is 0 Å². The molecule has 0 aliphatic carbocycles. The van der Waals surface area contributed by atoms with Crippen LogP contribution in [0.1, 0.15) is 17.5 Å². The molecule has 1 aliphatic heterocycles. The molecule has 4 rings (SSSR count). The fourth-order valence-electron chi connectivity index (χ4n) is 3.25.